The zero-order valence-electron chi connectivity index (χ0n) is 13.7. The number of rotatable bonds is 7. The molecule has 0 aliphatic heterocycles. The molecule has 2 aromatic heterocycles. The number of nitrogens with zero attached hydrogens (tertiary/aromatic N) is 5. The third-order valence-electron chi connectivity index (χ3n) is 3.17. The van der Waals surface area contributed by atoms with Crippen LogP contribution in [0.15, 0.2) is 63.5 Å². The van der Waals surface area contributed by atoms with Gasteiger partial charge >= 0.3 is 0 Å². The Morgan fingerprint density at radius 3 is 2.67 bits per heavy atom. The maximum absolute atomic E-state index is 11.8. The van der Waals surface area contributed by atoms with Gasteiger partial charge in [0, 0.05) is 30.1 Å². The maximum Gasteiger partial charge on any atom is 0.277 e. The molecule has 2 heterocycles. The lowest BCUT2D eigenvalue weighted by molar-refractivity contribution is -0.384. The van der Waals surface area contributed by atoms with E-state index in [2.05, 4.69) is 25.7 Å². The average Bonchev–Trinajstić information content (AvgIpc) is 3.16. The minimum atomic E-state index is -0.489. The molecule has 136 valence electrons. The molecule has 1 N–H and O–H groups in total. The lowest BCUT2D eigenvalue weighted by atomic mass is 10.2. The predicted molar refractivity (Wildman–Crippen MR) is 97.1 cm³/mol. The second-order valence-electron chi connectivity index (χ2n) is 5.04. The lowest BCUT2D eigenvalue weighted by Crippen LogP contribution is -2.19. The smallest absolute Gasteiger partial charge is 0.277 e. The van der Waals surface area contributed by atoms with Crippen LogP contribution in [-0.4, -0.2) is 38.0 Å². The number of non-ortho nitro benzene ring substituents is 1. The van der Waals surface area contributed by atoms with Crippen molar-refractivity contribution in [2.45, 2.75) is 5.22 Å². The number of nitrogens with one attached hydrogen (secondary N) is 1. The second kappa shape index (κ2) is 8.67. The number of carbonyl (C=O) groups excluding carboxylic acids is 1. The van der Waals surface area contributed by atoms with Crippen molar-refractivity contribution in [3.63, 3.8) is 0 Å². The van der Waals surface area contributed by atoms with E-state index in [0.29, 0.717) is 11.5 Å². The molecule has 11 heteroatoms. The van der Waals surface area contributed by atoms with Gasteiger partial charge in [0.15, 0.2) is 0 Å². The molecule has 0 saturated heterocycles. The Kier molecular flexibility index (Phi) is 5.84. The number of nitro groups is 1. The standard InChI is InChI=1S/C16H12N6O4S/c23-14(19-18-9-11-1-3-13(4-2-11)22(24)25)10-27-16-21-20-15(26-16)12-5-7-17-8-6-12/h1-9H,10H2,(H,19,23)/b18-9+. The highest BCUT2D eigenvalue weighted by atomic mass is 32.2. The number of hydrogen-bond acceptors (Lipinski definition) is 9. The van der Waals surface area contributed by atoms with E-state index >= 15 is 0 Å². The van der Waals surface area contributed by atoms with Gasteiger partial charge in [-0.2, -0.15) is 5.10 Å². The van der Waals surface area contributed by atoms with Crippen molar-refractivity contribution in [1.82, 2.24) is 20.6 Å². The van der Waals surface area contributed by atoms with Crippen molar-refractivity contribution in [1.29, 1.82) is 0 Å². The summed E-state index contributed by atoms with van der Waals surface area (Å²) in [5.41, 5.74) is 3.69. The predicted octanol–water partition coefficient (Wildman–Crippen LogP) is 2.28. The molecule has 1 aromatic carbocycles. The molecule has 0 radical (unpaired) electrons. The van der Waals surface area contributed by atoms with E-state index in [1.807, 2.05) is 0 Å². The Bertz CT molecular complexity index is 959. The number of hydrogen-bond donors (Lipinski definition) is 1. The van der Waals surface area contributed by atoms with Gasteiger partial charge in [0.2, 0.25) is 5.89 Å². The SMILES string of the molecule is O=C(CSc1nnc(-c2ccncc2)o1)N/N=C/c1ccc([N+](=O)[O-])cc1. The van der Waals surface area contributed by atoms with Gasteiger partial charge in [-0.15, -0.1) is 10.2 Å². The summed E-state index contributed by atoms with van der Waals surface area (Å²) < 4.78 is 5.46. The van der Waals surface area contributed by atoms with Gasteiger partial charge in [-0.1, -0.05) is 11.8 Å². The molecule has 0 aliphatic carbocycles. The number of pyridine rings is 1. The van der Waals surface area contributed by atoms with Crippen molar-refractivity contribution < 1.29 is 14.1 Å². The van der Waals surface area contributed by atoms with Gasteiger partial charge in [-0.05, 0) is 29.8 Å². The molecule has 3 rings (SSSR count). The van der Waals surface area contributed by atoms with E-state index in [-0.39, 0.29) is 22.6 Å². The molecule has 0 aliphatic rings. The molecule has 0 saturated carbocycles. The molecule has 0 spiro atoms. The number of nitro benzene ring substituents is 1. The van der Waals surface area contributed by atoms with Crippen LogP contribution in [0, 0.1) is 10.1 Å². The molecule has 0 bridgehead atoms. The Balaban J connectivity index is 1.47. The van der Waals surface area contributed by atoms with E-state index in [0.717, 1.165) is 17.3 Å². The number of benzene rings is 1. The Morgan fingerprint density at radius 1 is 1.22 bits per heavy atom. The molecule has 0 atom stereocenters. The minimum absolute atomic E-state index is 0.0155. The third-order valence-corrected chi connectivity index (χ3v) is 3.99. The summed E-state index contributed by atoms with van der Waals surface area (Å²) >= 11 is 1.08. The molecule has 27 heavy (non-hydrogen) atoms. The minimum Gasteiger partial charge on any atom is -0.411 e. The Labute approximate surface area is 156 Å². The van der Waals surface area contributed by atoms with Gasteiger partial charge in [0.05, 0.1) is 16.9 Å². The van der Waals surface area contributed by atoms with E-state index in [1.165, 1.54) is 30.5 Å². The number of thioether (sulfide) groups is 1. The quantitative estimate of drug-likeness (QED) is 0.283. The first kappa shape index (κ1) is 18.2. The fraction of sp³-hybridized carbons (Fsp3) is 0.0625. The highest BCUT2D eigenvalue weighted by molar-refractivity contribution is 7.99. The van der Waals surface area contributed by atoms with Gasteiger partial charge in [0.1, 0.15) is 0 Å². The molecule has 1 amide bonds. The summed E-state index contributed by atoms with van der Waals surface area (Å²) in [6.45, 7) is 0. The van der Waals surface area contributed by atoms with Crippen molar-refractivity contribution in [2.75, 3.05) is 5.75 Å². The summed E-state index contributed by atoms with van der Waals surface area (Å²) in [7, 11) is 0. The van der Waals surface area contributed by atoms with Crippen molar-refractivity contribution in [3.05, 3.63) is 64.5 Å². The monoisotopic (exact) mass is 384 g/mol. The molecule has 10 nitrogen and oxygen atoms in total. The number of carbonyl (C=O) groups is 1. The van der Waals surface area contributed by atoms with Crippen LogP contribution in [0.4, 0.5) is 5.69 Å². The van der Waals surface area contributed by atoms with Crippen LogP contribution in [0.5, 0.6) is 0 Å². The largest absolute Gasteiger partial charge is 0.411 e. The molecule has 3 aromatic rings. The van der Waals surface area contributed by atoms with Crippen LogP contribution in [0.1, 0.15) is 5.56 Å². The van der Waals surface area contributed by atoms with E-state index < -0.39 is 4.92 Å². The van der Waals surface area contributed by atoms with Gasteiger partial charge < -0.3 is 4.42 Å². The molecular formula is C16H12N6O4S. The Morgan fingerprint density at radius 2 is 1.96 bits per heavy atom. The van der Waals surface area contributed by atoms with Crippen LogP contribution >= 0.6 is 11.8 Å². The third kappa shape index (κ3) is 5.19. The van der Waals surface area contributed by atoms with Crippen LogP contribution in [0.2, 0.25) is 0 Å². The molecule has 0 unspecified atom stereocenters. The van der Waals surface area contributed by atoms with E-state index in [1.54, 1.807) is 24.5 Å². The van der Waals surface area contributed by atoms with Crippen molar-refractivity contribution >= 4 is 29.6 Å². The van der Waals surface area contributed by atoms with Gasteiger partial charge in [-0.3, -0.25) is 19.9 Å². The average molecular weight is 384 g/mol. The second-order valence-corrected chi connectivity index (χ2v) is 5.97. The van der Waals surface area contributed by atoms with Gasteiger partial charge in [0.25, 0.3) is 16.8 Å². The zero-order valence-corrected chi connectivity index (χ0v) is 14.5. The van der Waals surface area contributed by atoms with E-state index in [9.17, 15) is 14.9 Å². The highest BCUT2D eigenvalue weighted by Gasteiger charge is 2.10. The fourth-order valence-corrected chi connectivity index (χ4v) is 2.46. The first-order valence-electron chi connectivity index (χ1n) is 7.55. The summed E-state index contributed by atoms with van der Waals surface area (Å²) in [5, 5.41) is 22.4. The molecular weight excluding hydrogens is 372 g/mol. The normalized spacial score (nSPS) is 10.8. The number of hydrazone groups is 1. The van der Waals surface area contributed by atoms with Crippen LogP contribution in [-0.2, 0) is 4.79 Å². The maximum atomic E-state index is 11.8. The number of aromatic nitrogens is 3. The first-order valence-corrected chi connectivity index (χ1v) is 8.53. The highest BCUT2D eigenvalue weighted by Crippen LogP contribution is 2.22. The molecule has 0 fully saturated rings. The summed E-state index contributed by atoms with van der Waals surface area (Å²) in [6, 6.07) is 9.25. The van der Waals surface area contributed by atoms with Crippen LogP contribution < -0.4 is 5.43 Å². The summed E-state index contributed by atoms with van der Waals surface area (Å²) in [5.74, 6) is 0.0218. The van der Waals surface area contributed by atoms with Gasteiger partial charge in [-0.25, -0.2) is 5.43 Å². The van der Waals surface area contributed by atoms with E-state index in [4.69, 9.17) is 4.42 Å². The fourth-order valence-electron chi connectivity index (χ4n) is 1.90. The Hall–Kier alpha value is -3.60. The first-order chi connectivity index (χ1) is 13.1. The summed E-state index contributed by atoms with van der Waals surface area (Å²) in [6.07, 6.45) is 4.62. The topological polar surface area (TPSA) is 136 Å². The van der Waals surface area contributed by atoms with Crippen LogP contribution in [0.3, 0.4) is 0 Å². The zero-order chi connectivity index (χ0) is 19.1. The van der Waals surface area contributed by atoms with Crippen molar-refractivity contribution in [2.24, 2.45) is 5.10 Å². The number of amides is 1. The van der Waals surface area contributed by atoms with Crippen LogP contribution in [0.25, 0.3) is 11.5 Å². The van der Waals surface area contributed by atoms with Crippen molar-refractivity contribution in [3.8, 4) is 11.5 Å². The lowest BCUT2D eigenvalue weighted by Gasteiger charge is -1.97. The summed E-state index contributed by atoms with van der Waals surface area (Å²) in [4.78, 5) is 25.8.